The third-order valence-corrected chi connectivity index (χ3v) is 5.72. The Hall–Kier alpha value is -2.73. The maximum atomic E-state index is 13.1. The molecule has 2 aliphatic heterocycles. The zero-order valence-electron chi connectivity index (χ0n) is 16.5. The van der Waals surface area contributed by atoms with Gasteiger partial charge in [0.2, 0.25) is 0 Å². The van der Waals surface area contributed by atoms with Gasteiger partial charge in [-0.3, -0.25) is 4.79 Å². The van der Waals surface area contributed by atoms with Crippen LogP contribution in [0.3, 0.4) is 0 Å². The van der Waals surface area contributed by atoms with Gasteiger partial charge in [0, 0.05) is 24.1 Å². The second-order valence-corrected chi connectivity index (χ2v) is 7.76. The molecule has 2 aliphatic rings. The lowest BCUT2D eigenvalue weighted by Crippen LogP contribution is -2.48. The summed E-state index contributed by atoms with van der Waals surface area (Å²) in [6.45, 7) is 2.77. The smallest absolute Gasteiger partial charge is 0.254 e. The highest BCUT2D eigenvalue weighted by Crippen LogP contribution is 2.35. The number of benzene rings is 2. The van der Waals surface area contributed by atoms with Crippen LogP contribution in [0.2, 0.25) is 0 Å². The van der Waals surface area contributed by atoms with Crippen LogP contribution in [0, 0.1) is 5.41 Å². The van der Waals surface area contributed by atoms with E-state index in [1.807, 2.05) is 35.2 Å². The topological polar surface area (TPSA) is 68.2 Å². The van der Waals surface area contributed by atoms with Crippen molar-refractivity contribution in [1.29, 1.82) is 0 Å². The number of amides is 1. The number of para-hydroxylation sites is 1. The van der Waals surface area contributed by atoms with E-state index in [2.05, 4.69) is 0 Å². The number of likely N-dealkylation sites (tertiary alicyclic amines) is 1. The first kappa shape index (κ1) is 19.6. The molecule has 1 unspecified atom stereocenters. The number of hydrogen-bond donors (Lipinski definition) is 1. The van der Waals surface area contributed by atoms with E-state index in [1.54, 1.807) is 18.2 Å². The second-order valence-electron chi connectivity index (χ2n) is 7.76. The number of carbonyl (C=O) groups is 1. The Morgan fingerprint density at radius 2 is 1.90 bits per heavy atom. The first-order chi connectivity index (χ1) is 14.2. The third-order valence-electron chi connectivity index (χ3n) is 5.72. The fourth-order valence-electron chi connectivity index (χ4n) is 4.05. The minimum Gasteiger partial charge on any atom is -0.494 e. The van der Waals surface area contributed by atoms with Crippen molar-refractivity contribution in [1.82, 2.24) is 4.90 Å². The van der Waals surface area contributed by atoms with Crippen molar-refractivity contribution in [2.24, 2.45) is 5.41 Å². The average molecular weight is 397 g/mol. The van der Waals surface area contributed by atoms with Crippen molar-refractivity contribution in [3.05, 3.63) is 54.1 Å². The van der Waals surface area contributed by atoms with Crippen LogP contribution in [0.25, 0.3) is 0 Å². The van der Waals surface area contributed by atoms with E-state index in [-0.39, 0.29) is 17.9 Å². The Kier molecular flexibility index (Phi) is 5.90. The Balaban J connectivity index is 1.41. The molecule has 29 heavy (non-hydrogen) atoms. The molecule has 0 aromatic heterocycles. The summed E-state index contributed by atoms with van der Waals surface area (Å²) >= 11 is 0. The van der Waals surface area contributed by atoms with E-state index in [0.29, 0.717) is 56.4 Å². The number of carbonyl (C=O) groups excluding carboxylic acids is 1. The van der Waals surface area contributed by atoms with Crippen molar-refractivity contribution in [3.8, 4) is 17.2 Å². The number of piperidine rings is 1. The van der Waals surface area contributed by atoms with E-state index in [0.717, 1.165) is 18.6 Å². The maximum Gasteiger partial charge on any atom is 0.254 e. The number of ether oxygens (including phenoxy) is 3. The standard InChI is InChI=1S/C23H27NO5/c25-17-23(10-12-27-19-5-2-1-3-6-19)9-4-11-24(16-23)22(26)18-7-8-20-21(15-18)29-14-13-28-20/h1-3,5-8,15,25H,4,9-14,16-17H2. The molecular formula is C23H27NO5. The van der Waals surface area contributed by atoms with Crippen molar-refractivity contribution >= 4 is 5.91 Å². The highest BCUT2D eigenvalue weighted by molar-refractivity contribution is 5.95. The number of aliphatic hydroxyl groups excluding tert-OH is 1. The molecule has 6 heteroatoms. The lowest BCUT2D eigenvalue weighted by molar-refractivity contribution is 0.0156. The molecule has 1 N–H and O–H groups in total. The third kappa shape index (κ3) is 4.48. The summed E-state index contributed by atoms with van der Waals surface area (Å²) in [5.74, 6) is 2.07. The Labute approximate surface area is 171 Å². The summed E-state index contributed by atoms with van der Waals surface area (Å²) in [6.07, 6.45) is 2.44. The summed E-state index contributed by atoms with van der Waals surface area (Å²) in [6, 6.07) is 15.0. The monoisotopic (exact) mass is 397 g/mol. The van der Waals surface area contributed by atoms with Gasteiger partial charge in [0.1, 0.15) is 19.0 Å². The fourth-order valence-corrected chi connectivity index (χ4v) is 4.05. The summed E-state index contributed by atoms with van der Waals surface area (Å²) in [7, 11) is 0. The van der Waals surface area contributed by atoms with Crippen LogP contribution in [0.1, 0.15) is 29.6 Å². The van der Waals surface area contributed by atoms with Gasteiger partial charge in [0.05, 0.1) is 13.2 Å². The second kappa shape index (κ2) is 8.74. The molecule has 2 aromatic rings. The number of nitrogens with zero attached hydrogens (tertiary/aromatic N) is 1. The fraction of sp³-hybridized carbons (Fsp3) is 0.435. The van der Waals surface area contributed by atoms with Gasteiger partial charge >= 0.3 is 0 Å². The SMILES string of the molecule is O=C(c1ccc2c(c1)OCCO2)N1CCCC(CO)(CCOc2ccccc2)C1. The highest BCUT2D eigenvalue weighted by atomic mass is 16.6. The van der Waals surface area contributed by atoms with Crippen LogP contribution >= 0.6 is 0 Å². The molecule has 2 aromatic carbocycles. The molecular weight excluding hydrogens is 370 g/mol. The predicted octanol–water partition coefficient (Wildman–Crippen LogP) is 3.14. The van der Waals surface area contributed by atoms with E-state index < -0.39 is 0 Å². The summed E-state index contributed by atoms with van der Waals surface area (Å²) in [5.41, 5.74) is 0.250. The van der Waals surface area contributed by atoms with Gasteiger partial charge in [0.25, 0.3) is 5.91 Å². The largest absolute Gasteiger partial charge is 0.494 e. The zero-order valence-corrected chi connectivity index (χ0v) is 16.5. The predicted molar refractivity (Wildman–Crippen MR) is 109 cm³/mol. The van der Waals surface area contributed by atoms with Crippen LogP contribution in [-0.2, 0) is 0 Å². The van der Waals surface area contributed by atoms with Crippen LogP contribution in [0.15, 0.2) is 48.5 Å². The average Bonchev–Trinajstić information content (AvgIpc) is 2.79. The maximum absolute atomic E-state index is 13.1. The van der Waals surface area contributed by atoms with E-state index in [1.165, 1.54) is 0 Å². The molecule has 0 bridgehead atoms. The lowest BCUT2D eigenvalue weighted by Gasteiger charge is -2.42. The molecule has 4 rings (SSSR count). The number of fused-ring (bicyclic) bond motifs is 1. The Morgan fingerprint density at radius 1 is 1.10 bits per heavy atom. The molecule has 0 aliphatic carbocycles. The Bertz CT molecular complexity index is 840. The minimum absolute atomic E-state index is 0.0378. The highest BCUT2D eigenvalue weighted by Gasteiger charge is 2.37. The number of hydrogen-bond acceptors (Lipinski definition) is 5. The molecule has 0 spiro atoms. The first-order valence-corrected chi connectivity index (χ1v) is 10.2. The van der Waals surface area contributed by atoms with Gasteiger partial charge < -0.3 is 24.2 Å². The minimum atomic E-state index is -0.337. The first-order valence-electron chi connectivity index (χ1n) is 10.2. The van der Waals surface area contributed by atoms with Gasteiger partial charge in [-0.25, -0.2) is 0 Å². The number of rotatable bonds is 6. The van der Waals surface area contributed by atoms with Gasteiger partial charge in [-0.2, -0.15) is 0 Å². The van der Waals surface area contributed by atoms with E-state index in [9.17, 15) is 9.90 Å². The summed E-state index contributed by atoms with van der Waals surface area (Å²) in [4.78, 5) is 14.9. The van der Waals surface area contributed by atoms with Gasteiger partial charge in [-0.05, 0) is 49.6 Å². The lowest BCUT2D eigenvalue weighted by atomic mass is 9.78. The molecule has 0 saturated carbocycles. The molecule has 6 nitrogen and oxygen atoms in total. The van der Waals surface area contributed by atoms with Crippen LogP contribution in [-0.4, -0.2) is 55.4 Å². The van der Waals surface area contributed by atoms with Crippen molar-refractivity contribution in [2.45, 2.75) is 19.3 Å². The Morgan fingerprint density at radius 3 is 2.69 bits per heavy atom. The summed E-state index contributed by atoms with van der Waals surface area (Å²) in [5, 5.41) is 10.1. The molecule has 0 radical (unpaired) electrons. The normalized spacial score (nSPS) is 20.9. The number of aliphatic hydroxyl groups is 1. The molecule has 154 valence electrons. The summed E-state index contributed by atoms with van der Waals surface area (Å²) < 4.78 is 17.0. The molecule has 1 fully saturated rings. The molecule has 1 amide bonds. The molecule has 2 heterocycles. The van der Waals surface area contributed by atoms with Crippen LogP contribution in [0.5, 0.6) is 17.2 Å². The molecule has 1 saturated heterocycles. The van der Waals surface area contributed by atoms with Crippen LogP contribution < -0.4 is 14.2 Å². The van der Waals surface area contributed by atoms with Gasteiger partial charge in [-0.15, -0.1) is 0 Å². The zero-order chi connectivity index (χ0) is 20.1. The van der Waals surface area contributed by atoms with E-state index >= 15 is 0 Å². The van der Waals surface area contributed by atoms with Gasteiger partial charge in [0.15, 0.2) is 11.5 Å². The van der Waals surface area contributed by atoms with Crippen molar-refractivity contribution < 1.29 is 24.1 Å². The van der Waals surface area contributed by atoms with Gasteiger partial charge in [-0.1, -0.05) is 18.2 Å². The van der Waals surface area contributed by atoms with Crippen molar-refractivity contribution in [3.63, 3.8) is 0 Å². The van der Waals surface area contributed by atoms with E-state index in [4.69, 9.17) is 14.2 Å². The molecule has 1 atom stereocenters. The quantitative estimate of drug-likeness (QED) is 0.811. The van der Waals surface area contributed by atoms with Crippen LogP contribution in [0.4, 0.5) is 0 Å². The van der Waals surface area contributed by atoms with Crippen molar-refractivity contribution in [2.75, 3.05) is 39.5 Å².